The zero-order valence-corrected chi connectivity index (χ0v) is 9.98. The summed E-state index contributed by atoms with van der Waals surface area (Å²) < 4.78 is 0. The average molecular weight is 254 g/mol. The number of para-hydroxylation sites is 1. The van der Waals surface area contributed by atoms with Crippen LogP contribution in [0.1, 0.15) is 10.4 Å². The lowest BCUT2D eigenvalue weighted by atomic mass is 10.1. The first-order valence-corrected chi connectivity index (χ1v) is 5.64. The van der Waals surface area contributed by atoms with Crippen molar-refractivity contribution in [1.82, 2.24) is 5.32 Å². The van der Waals surface area contributed by atoms with Crippen LogP contribution in [-0.4, -0.2) is 35.2 Å². The number of rotatable bonds is 6. The van der Waals surface area contributed by atoms with Crippen LogP contribution >= 0.6 is 12.6 Å². The van der Waals surface area contributed by atoms with Gasteiger partial charge in [-0.1, -0.05) is 12.1 Å². The SMILES string of the molecule is Nc1ccccc1C(=O)CN[C@H](CS)C(=O)O. The van der Waals surface area contributed by atoms with Gasteiger partial charge in [-0.2, -0.15) is 12.6 Å². The molecule has 1 aromatic carbocycles. The van der Waals surface area contributed by atoms with E-state index in [4.69, 9.17) is 10.8 Å². The Morgan fingerprint density at radius 3 is 2.59 bits per heavy atom. The van der Waals surface area contributed by atoms with Gasteiger partial charge in [0, 0.05) is 17.0 Å². The van der Waals surface area contributed by atoms with Crippen molar-refractivity contribution >= 4 is 30.1 Å². The first-order chi connectivity index (χ1) is 8.06. The van der Waals surface area contributed by atoms with Crippen molar-refractivity contribution in [3.63, 3.8) is 0 Å². The van der Waals surface area contributed by atoms with Crippen LogP contribution in [0.3, 0.4) is 0 Å². The molecule has 0 heterocycles. The van der Waals surface area contributed by atoms with Gasteiger partial charge in [0.25, 0.3) is 0 Å². The molecule has 0 spiro atoms. The fourth-order valence-electron chi connectivity index (χ4n) is 1.29. The third-order valence-corrected chi connectivity index (χ3v) is 2.62. The van der Waals surface area contributed by atoms with Gasteiger partial charge < -0.3 is 10.8 Å². The van der Waals surface area contributed by atoms with Gasteiger partial charge in [-0.3, -0.25) is 14.9 Å². The highest BCUT2D eigenvalue weighted by atomic mass is 32.1. The Kier molecular flexibility index (Phi) is 4.99. The molecule has 0 fully saturated rings. The second kappa shape index (κ2) is 6.27. The molecule has 5 nitrogen and oxygen atoms in total. The van der Waals surface area contributed by atoms with Crippen LogP contribution in [-0.2, 0) is 4.79 Å². The molecule has 4 N–H and O–H groups in total. The number of aliphatic carboxylic acids is 1. The smallest absolute Gasteiger partial charge is 0.321 e. The van der Waals surface area contributed by atoms with E-state index in [-0.39, 0.29) is 18.1 Å². The summed E-state index contributed by atoms with van der Waals surface area (Å²) >= 11 is 3.89. The molecule has 0 aliphatic heterocycles. The fraction of sp³-hybridized carbons (Fsp3) is 0.273. The Balaban J connectivity index is 2.62. The van der Waals surface area contributed by atoms with Gasteiger partial charge in [-0.15, -0.1) is 0 Å². The highest BCUT2D eigenvalue weighted by Gasteiger charge is 2.17. The Hall–Kier alpha value is -1.53. The van der Waals surface area contributed by atoms with Crippen molar-refractivity contribution in [1.29, 1.82) is 0 Å². The van der Waals surface area contributed by atoms with Crippen molar-refractivity contribution in [3.05, 3.63) is 29.8 Å². The number of carboxylic acid groups (broad SMARTS) is 1. The first kappa shape index (κ1) is 13.5. The lowest BCUT2D eigenvalue weighted by Crippen LogP contribution is -2.41. The maximum Gasteiger partial charge on any atom is 0.321 e. The van der Waals surface area contributed by atoms with Gasteiger partial charge in [-0.25, -0.2) is 0 Å². The van der Waals surface area contributed by atoms with Gasteiger partial charge in [0.15, 0.2) is 5.78 Å². The minimum Gasteiger partial charge on any atom is -0.480 e. The zero-order chi connectivity index (χ0) is 12.8. The molecule has 0 radical (unpaired) electrons. The summed E-state index contributed by atoms with van der Waals surface area (Å²) in [5.41, 5.74) is 6.42. The number of carbonyl (C=O) groups excluding carboxylic acids is 1. The maximum absolute atomic E-state index is 11.7. The van der Waals surface area contributed by atoms with Gasteiger partial charge >= 0.3 is 5.97 Å². The van der Waals surface area contributed by atoms with E-state index in [2.05, 4.69) is 17.9 Å². The standard InChI is InChI=1S/C11H14N2O3S/c12-8-4-2-1-3-7(8)10(14)5-13-9(6-17)11(15)16/h1-4,9,13,17H,5-6,12H2,(H,15,16)/t9-/m1/s1. The molecular weight excluding hydrogens is 240 g/mol. The largest absolute Gasteiger partial charge is 0.480 e. The number of nitrogens with one attached hydrogen (secondary N) is 1. The number of benzene rings is 1. The maximum atomic E-state index is 11.7. The molecule has 0 amide bonds. The molecule has 0 aliphatic carbocycles. The van der Waals surface area contributed by atoms with E-state index in [0.29, 0.717) is 11.3 Å². The van der Waals surface area contributed by atoms with Crippen molar-refractivity contribution in [2.24, 2.45) is 0 Å². The van der Waals surface area contributed by atoms with Gasteiger partial charge in [-0.05, 0) is 12.1 Å². The second-order valence-electron chi connectivity index (χ2n) is 3.46. The molecule has 0 unspecified atom stereocenters. The molecule has 92 valence electrons. The molecular formula is C11H14N2O3S. The van der Waals surface area contributed by atoms with Crippen LogP contribution in [0.25, 0.3) is 0 Å². The quantitative estimate of drug-likeness (QED) is 0.335. The number of hydrogen-bond acceptors (Lipinski definition) is 5. The monoisotopic (exact) mass is 254 g/mol. The predicted octanol–water partition coefficient (Wildman–Crippen LogP) is 0.424. The van der Waals surface area contributed by atoms with Crippen LogP contribution < -0.4 is 11.1 Å². The van der Waals surface area contributed by atoms with Gasteiger partial charge in [0.05, 0.1) is 6.54 Å². The molecule has 0 saturated heterocycles. The summed E-state index contributed by atoms with van der Waals surface area (Å²) in [4.78, 5) is 22.4. The van der Waals surface area contributed by atoms with E-state index in [1.807, 2.05) is 0 Å². The number of thiol groups is 1. The van der Waals surface area contributed by atoms with E-state index in [0.717, 1.165) is 0 Å². The normalized spacial score (nSPS) is 12.1. The molecule has 0 aromatic heterocycles. The number of nitrogens with two attached hydrogens (primary N) is 1. The highest BCUT2D eigenvalue weighted by Crippen LogP contribution is 2.10. The Bertz CT molecular complexity index is 423. The number of ketones is 1. The van der Waals surface area contributed by atoms with Crippen molar-refractivity contribution in [2.45, 2.75) is 6.04 Å². The number of anilines is 1. The van der Waals surface area contributed by atoms with Crippen LogP contribution in [0.15, 0.2) is 24.3 Å². The highest BCUT2D eigenvalue weighted by molar-refractivity contribution is 7.80. The van der Waals surface area contributed by atoms with Crippen LogP contribution in [0, 0.1) is 0 Å². The van der Waals surface area contributed by atoms with Crippen molar-refractivity contribution in [2.75, 3.05) is 18.0 Å². The van der Waals surface area contributed by atoms with Crippen LogP contribution in [0.4, 0.5) is 5.69 Å². The molecule has 0 aliphatic rings. The van der Waals surface area contributed by atoms with E-state index in [9.17, 15) is 9.59 Å². The fourth-order valence-corrected chi connectivity index (χ4v) is 1.58. The summed E-state index contributed by atoms with van der Waals surface area (Å²) in [6.45, 7) is -0.0776. The average Bonchev–Trinajstić information content (AvgIpc) is 2.29. The third kappa shape index (κ3) is 3.76. The number of carboxylic acids is 1. The third-order valence-electron chi connectivity index (χ3n) is 2.25. The second-order valence-corrected chi connectivity index (χ2v) is 3.83. The summed E-state index contributed by atoms with van der Waals surface area (Å²) in [7, 11) is 0. The van der Waals surface area contributed by atoms with E-state index < -0.39 is 12.0 Å². The molecule has 6 heteroatoms. The van der Waals surface area contributed by atoms with Crippen LogP contribution in [0.2, 0.25) is 0 Å². The Labute approximate surface area is 104 Å². The molecule has 17 heavy (non-hydrogen) atoms. The Morgan fingerprint density at radius 2 is 2.06 bits per heavy atom. The molecule has 0 saturated carbocycles. The number of carbonyl (C=O) groups is 2. The van der Waals surface area contributed by atoms with Crippen molar-refractivity contribution in [3.8, 4) is 0 Å². The number of hydrogen-bond donors (Lipinski definition) is 4. The minimum atomic E-state index is -1.03. The lowest BCUT2D eigenvalue weighted by Gasteiger charge is -2.11. The summed E-state index contributed by atoms with van der Waals surface area (Å²) in [6.07, 6.45) is 0. The van der Waals surface area contributed by atoms with E-state index in [1.54, 1.807) is 24.3 Å². The topological polar surface area (TPSA) is 92.4 Å². The van der Waals surface area contributed by atoms with Gasteiger partial charge in [0.1, 0.15) is 6.04 Å². The number of nitrogen functional groups attached to an aromatic ring is 1. The zero-order valence-electron chi connectivity index (χ0n) is 9.09. The van der Waals surface area contributed by atoms with E-state index in [1.165, 1.54) is 0 Å². The van der Waals surface area contributed by atoms with Gasteiger partial charge in [0.2, 0.25) is 0 Å². The van der Waals surface area contributed by atoms with E-state index >= 15 is 0 Å². The molecule has 0 bridgehead atoms. The molecule has 1 rings (SSSR count). The summed E-state index contributed by atoms with van der Waals surface area (Å²) in [5.74, 6) is -1.16. The van der Waals surface area contributed by atoms with Crippen molar-refractivity contribution < 1.29 is 14.7 Å². The molecule has 1 atom stereocenters. The summed E-state index contributed by atoms with van der Waals surface area (Å²) in [5, 5.41) is 11.4. The lowest BCUT2D eigenvalue weighted by molar-refractivity contribution is -0.138. The van der Waals surface area contributed by atoms with Crippen LogP contribution in [0.5, 0.6) is 0 Å². The first-order valence-electron chi connectivity index (χ1n) is 5.01. The molecule has 1 aromatic rings. The minimum absolute atomic E-state index is 0.0776. The Morgan fingerprint density at radius 1 is 1.41 bits per heavy atom. The predicted molar refractivity (Wildman–Crippen MR) is 68.5 cm³/mol. The number of Topliss-reactive ketones (excluding diaryl/α,β-unsaturated/α-hetero) is 1. The summed E-state index contributed by atoms with van der Waals surface area (Å²) in [6, 6.07) is 5.83.